The van der Waals surface area contributed by atoms with Gasteiger partial charge in [-0.05, 0) is 61.5 Å². The van der Waals surface area contributed by atoms with Crippen molar-refractivity contribution in [3.63, 3.8) is 0 Å². The second-order valence-electron chi connectivity index (χ2n) is 7.35. The molecular weight excluding hydrogens is 527 g/mol. The molecule has 0 heterocycles. The number of nitriles is 1. The molecule has 0 spiro atoms. The molecule has 3 aromatic rings. The molecule has 3 aromatic carbocycles. The Hall–Kier alpha value is -3.84. The number of halogens is 2. The molecular formula is C25H18Cl2N2O6S. The van der Waals surface area contributed by atoms with E-state index in [1.54, 1.807) is 25.1 Å². The van der Waals surface area contributed by atoms with Crippen molar-refractivity contribution < 1.29 is 26.9 Å². The van der Waals surface area contributed by atoms with Gasteiger partial charge < -0.3 is 14.2 Å². The first-order chi connectivity index (χ1) is 17.0. The molecule has 0 bridgehead atoms. The zero-order valence-electron chi connectivity index (χ0n) is 18.9. The maximum absolute atomic E-state index is 12.8. The van der Waals surface area contributed by atoms with Crippen LogP contribution < -0.4 is 9.50 Å². The predicted octanol–water partition coefficient (Wildman–Crippen LogP) is 5.40. The molecule has 11 heteroatoms. The van der Waals surface area contributed by atoms with Gasteiger partial charge in [0.05, 0.1) is 17.7 Å². The SMILES string of the molecule is COC(=O)c1ccc(NC(=O)/C(C#N)=C/c2cc(Cl)cc(Cl)c2OS(=O)(=O)c2ccc(C)cc2)cc1. The lowest BCUT2D eigenvalue weighted by atomic mass is 10.1. The Balaban J connectivity index is 1.94. The molecule has 1 amide bonds. The van der Waals surface area contributed by atoms with Gasteiger partial charge in [-0.15, -0.1) is 0 Å². The number of amides is 1. The molecule has 0 aliphatic heterocycles. The predicted molar refractivity (Wildman–Crippen MR) is 135 cm³/mol. The van der Waals surface area contributed by atoms with Gasteiger partial charge in [-0.1, -0.05) is 40.9 Å². The number of carbonyl (C=O) groups excluding carboxylic acids is 2. The molecule has 0 aliphatic carbocycles. The maximum Gasteiger partial charge on any atom is 0.339 e. The molecule has 1 N–H and O–H groups in total. The van der Waals surface area contributed by atoms with Crippen LogP contribution in [-0.4, -0.2) is 27.4 Å². The van der Waals surface area contributed by atoms with Crippen LogP contribution in [0, 0.1) is 18.3 Å². The second-order valence-corrected chi connectivity index (χ2v) is 9.74. The lowest BCUT2D eigenvalue weighted by molar-refractivity contribution is -0.112. The van der Waals surface area contributed by atoms with E-state index in [9.17, 15) is 23.3 Å². The first-order valence-electron chi connectivity index (χ1n) is 10.2. The van der Waals surface area contributed by atoms with Gasteiger partial charge in [0.25, 0.3) is 5.91 Å². The first kappa shape index (κ1) is 26.8. The van der Waals surface area contributed by atoms with Crippen LogP contribution in [0.15, 0.2) is 71.1 Å². The normalized spacial score (nSPS) is 11.4. The van der Waals surface area contributed by atoms with Crippen LogP contribution in [0.2, 0.25) is 10.0 Å². The standard InChI is InChI=1S/C25H18Cl2N2O6S/c1-15-3-9-21(10-4-15)36(32,33)35-23-17(12-19(26)13-22(23)27)11-18(14-28)24(30)29-20-7-5-16(6-8-20)25(31)34-2/h3-13H,1-2H3,(H,29,30)/b18-11+. The van der Waals surface area contributed by atoms with Crippen molar-refractivity contribution in [3.8, 4) is 11.8 Å². The third kappa shape index (κ3) is 6.43. The number of hydrogen-bond donors (Lipinski definition) is 1. The van der Waals surface area contributed by atoms with Gasteiger partial charge in [0, 0.05) is 16.3 Å². The highest BCUT2D eigenvalue weighted by molar-refractivity contribution is 7.87. The summed E-state index contributed by atoms with van der Waals surface area (Å²) in [6.45, 7) is 1.80. The molecule has 0 saturated heterocycles. The maximum atomic E-state index is 12.8. The van der Waals surface area contributed by atoms with Crippen LogP contribution in [0.4, 0.5) is 5.69 Å². The van der Waals surface area contributed by atoms with E-state index in [0.717, 1.165) is 11.6 Å². The molecule has 0 aliphatic rings. The largest absolute Gasteiger partial charge is 0.465 e. The number of methoxy groups -OCH3 is 1. The van der Waals surface area contributed by atoms with E-state index < -0.39 is 22.0 Å². The van der Waals surface area contributed by atoms with E-state index in [-0.39, 0.29) is 37.4 Å². The van der Waals surface area contributed by atoms with Gasteiger partial charge in [0.1, 0.15) is 16.5 Å². The average Bonchev–Trinajstić information content (AvgIpc) is 2.84. The molecule has 0 aromatic heterocycles. The number of rotatable bonds is 7. The molecule has 0 saturated carbocycles. The molecule has 0 atom stereocenters. The highest BCUT2D eigenvalue weighted by Gasteiger charge is 2.22. The van der Waals surface area contributed by atoms with E-state index in [0.29, 0.717) is 5.69 Å². The molecule has 0 fully saturated rings. The number of esters is 1. The minimum Gasteiger partial charge on any atom is -0.465 e. The Morgan fingerprint density at radius 2 is 1.67 bits per heavy atom. The van der Waals surface area contributed by atoms with Gasteiger partial charge in [-0.3, -0.25) is 4.79 Å². The Labute approximate surface area is 217 Å². The number of aryl methyl sites for hydroxylation is 1. The lowest BCUT2D eigenvalue weighted by Gasteiger charge is -2.13. The highest BCUT2D eigenvalue weighted by atomic mass is 35.5. The van der Waals surface area contributed by atoms with Crippen LogP contribution in [0.5, 0.6) is 5.75 Å². The molecule has 3 rings (SSSR count). The Bertz CT molecular complexity index is 1490. The summed E-state index contributed by atoms with van der Waals surface area (Å²) in [6, 6.07) is 16.1. The number of carbonyl (C=O) groups is 2. The van der Waals surface area contributed by atoms with E-state index in [2.05, 4.69) is 10.1 Å². The quantitative estimate of drug-likeness (QED) is 0.183. The smallest absolute Gasteiger partial charge is 0.339 e. The van der Waals surface area contributed by atoms with Crippen LogP contribution in [0.1, 0.15) is 21.5 Å². The number of benzene rings is 3. The van der Waals surface area contributed by atoms with Gasteiger partial charge in [0.2, 0.25) is 0 Å². The van der Waals surface area contributed by atoms with Crippen molar-refractivity contribution in [2.24, 2.45) is 0 Å². The summed E-state index contributed by atoms with van der Waals surface area (Å²) in [5.41, 5.74) is 1.04. The van der Waals surface area contributed by atoms with Crippen molar-refractivity contribution in [3.05, 3.63) is 93.0 Å². The number of nitrogens with zero attached hydrogens (tertiary/aromatic N) is 1. The topological polar surface area (TPSA) is 123 Å². The number of nitrogens with one attached hydrogen (secondary N) is 1. The summed E-state index contributed by atoms with van der Waals surface area (Å²) >= 11 is 12.3. The van der Waals surface area contributed by atoms with Crippen molar-refractivity contribution >= 4 is 57.0 Å². The monoisotopic (exact) mass is 544 g/mol. The lowest BCUT2D eigenvalue weighted by Crippen LogP contribution is -2.14. The number of hydrogen-bond acceptors (Lipinski definition) is 7. The fourth-order valence-electron chi connectivity index (χ4n) is 2.95. The zero-order chi connectivity index (χ0) is 26.5. The van der Waals surface area contributed by atoms with Crippen LogP contribution in [0.3, 0.4) is 0 Å². The van der Waals surface area contributed by atoms with E-state index in [1.165, 1.54) is 55.6 Å². The van der Waals surface area contributed by atoms with Crippen molar-refractivity contribution in [2.45, 2.75) is 11.8 Å². The number of anilines is 1. The third-order valence-electron chi connectivity index (χ3n) is 4.77. The Kier molecular flexibility index (Phi) is 8.37. The molecule has 8 nitrogen and oxygen atoms in total. The Morgan fingerprint density at radius 1 is 1.03 bits per heavy atom. The summed E-state index contributed by atoms with van der Waals surface area (Å²) in [7, 11) is -3.05. The first-order valence-corrected chi connectivity index (χ1v) is 12.3. The van der Waals surface area contributed by atoms with E-state index >= 15 is 0 Å². The molecule has 0 unspecified atom stereocenters. The van der Waals surface area contributed by atoms with Gasteiger partial charge in [-0.2, -0.15) is 13.7 Å². The van der Waals surface area contributed by atoms with Crippen molar-refractivity contribution in [1.82, 2.24) is 0 Å². The van der Waals surface area contributed by atoms with Crippen molar-refractivity contribution in [1.29, 1.82) is 5.26 Å². The minimum atomic E-state index is -4.29. The van der Waals surface area contributed by atoms with E-state index in [1.807, 2.05) is 0 Å². The fraction of sp³-hybridized carbons (Fsp3) is 0.0800. The third-order valence-corrected chi connectivity index (χ3v) is 6.50. The fourth-order valence-corrected chi connectivity index (χ4v) is 4.51. The van der Waals surface area contributed by atoms with E-state index in [4.69, 9.17) is 27.4 Å². The van der Waals surface area contributed by atoms with Gasteiger partial charge in [-0.25, -0.2) is 4.79 Å². The summed E-state index contributed by atoms with van der Waals surface area (Å²) < 4.78 is 35.5. The second kappa shape index (κ2) is 11.3. The minimum absolute atomic E-state index is 0.00377. The molecule has 0 radical (unpaired) electrons. The average molecular weight is 545 g/mol. The van der Waals surface area contributed by atoms with Crippen molar-refractivity contribution in [2.75, 3.05) is 12.4 Å². The van der Waals surface area contributed by atoms with Gasteiger partial charge >= 0.3 is 16.1 Å². The summed E-state index contributed by atoms with van der Waals surface area (Å²) in [6.07, 6.45) is 1.11. The highest BCUT2D eigenvalue weighted by Crippen LogP contribution is 2.36. The van der Waals surface area contributed by atoms with Crippen LogP contribution >= 0.6 is 23.2 Å². The molecule has 36 heavy (non-hydrogen) atoms. The van der Waals surface area contributed by atoms with Crippen LogP contribution in [-0.2, 0) is 19.6 Å². The molecule has 184 valence electrons. The summed E-state index contributed by atoms with van der Waals surface area (Å²) in [5.74, 6) is -1.65. The summed E-state index contributed by atoms with van der Waals surface area (Å²) in [5, 5.41) is 12.1. The summed E-state index contributed by atoms with van der Waals surface area (Å²) in [4.78, 5) is 24.2. The number of ether oxygens (including phenoxy) is 1. The zero-order valence-corrected chi connectivity index (χ0v) is 21.2. The van der Waals surface area contributed by atoms with Gasteiger partial charge in [0.15, 0.2) is 5.75 Å². The van der Waals surface area contributed by atoms with Crippen LogP contribution in [0.25, 0.3) is 6.08 Å². The Morgan fingerprint density at radius 3 is 2.25 bits per heavy atom.